The zero-order valence-electron chi connectivity index (χ0n) is 14.5. The van der Waals surface area contributed by atoms with Gasteiger partial charge in [-0.25, -0.2) is 4.98 Å². The number of nitrogens with zero attached hydrogens (tertiary/aromatic N) is 2. The largest absolute Gasteiger partial charge is 0.497 e. The van der Waals surface area contributed by atoms with Crippen LogP contribution in [-0.4, -0.2) is 31.3 Å². The van der Waals surface area contributed by atoms with Gasteiger partial charge in [-0.3, -0.25) is 0 Å². The van der Waals surface area contributed by atoms with Crippen molar-refractivity contribution in [3.8, 4) is 23.3 Å². The molecule has 0 saturated carbocycles. The van der Waals surface area contributed by atoms with Crippen LogP contribution in [0.1, 0.15) is 11.4 Å². The van der Waals surface area contributed by atoms with Gasteiger partial charge in [0, 0.05) is 17.7 Å². The van der Waals surface area contributed by atoms with Crippen LogP contribution in [-0.2, 0) is 0 Å². The molecule has 0 amide bonds. The number of benzene rings is 2. The third-order valence-electron chi connectivity index (χ3n) is 3.87. The van der Waals surface area contributed by atoms with E-state index in [0.29, 0.717) is 22.9 Å². The molecule has 26 heavy (non-hydrogen) atoms. The second-order valence-electron chi connectivity index (χ2n) is 5.37. The van der Waals surface area contributed by atoms with Crippen molar-refractivity contribution in [3.63, 3.8) is 0 Å². The highest BCUT2D eigenvalue weighted by Crippen LogP contribution is 2.34. The van der Waals surface area contributed by atoms with Crippen LogP contribution in [0, 0.1) is 11.3 Å². The van der Waals surface area contributed by atoms with Gasteiger partial charge in [-0.05, 0) is 40.2 Å². The van der Waals surface area contributed by atoms with Crippen LogP contribution in [0.25, 0.3) is 22.7 Å². The Morgan fingerprint density at radius 1 is 1.12 bits per heavy atom. The topological polar surface area (TPSA) is 80.2 Å². The fourth-order valence-electron chi connectivity index (χ4n) is 2.55. The van der Waals surface area contributed by atoms with E-state index in [9.17, 15) is 5.26 Å². The molecule has 0 aliphatic rings. The number of imidazole rings is 1. The van der Waals surface area contributed by atoms with E-state index in [1.165, 1.54) is 0 Å². The van der Waals surface area contributed by atoms with Crippen molar-refractivity contribution in [1.82, 2.24) is 9.97 Å². The van der Waals surface area contributed by atoms with Crippen molar-refractivity contribution in [3.05, 3.63) is 46.2 Å². The fourth-order valence-corrected chi connectivity index (χ4v) is 3.07. The van der Waals surface area contributed by atoms with E-state index < -0.39 is 0 Å². The molecule has 2 aromatic carbocycles. The maximum absolute atomic E-state index is 9.62. The van der Waals surface area contributed by atoms with Crippen LogP contribution >= 0.6 is 15.9 Å². The number of aromatic amines is 1. The Labute approximate surface area is 159 Å². The molecule has 0 bridgehead atoms. The summed E-state index contributed by atoms with van der Waals surface area (Å²) in [7, 11) is 4.75. The van der Waals surface area contributed by atoms with Gasteiger partial charge in [-0.15, -0.1) is 0 Å². The van der Waals surface area contributed by atoms with Gasteiger partial charge in [0.25, 0.3) is 0 Å². The molecule has 3 aromatic rings. The summed E-state index contributed by atoms with van der Waals surface area (Å²) in [5, 5.41) is 9.62. The average molecular weight is 414 g/mol. The van der Waals surface area contributed by atoms with Crippen molar-refractivity contribution in [2.75, 3.05) is 21.3 Å². The molecule has 0 unspecified atom stereocenters. The predicted molar refractivity (Wildman–Crippen MR) is 103 cm³/mol. The maximum atomic E-state index is 9.62. The number of rotatable bonds is 5. The standard InChI is InChI=1S/C19H16BrN3O3/c1-24-13-4-5-15-16(8-13)23-19(22-15)12(10-21)6-11-7-14(20)18(26-3)9-17(11)25-2/h4-9H,1-3H3,(H,22,23)/b12-6-. The Kier molecular flexibility index (Phi) is 5.14. The molecule has 1 heterocycles. The number of hydrogen-bond acceptors (Lipinski definition) is 5. The van der Waals surface area contributed by atoms with Crippen LogP contribution in [0.2, 0.25) is 0 Å². The van der Waals surface area contributed by atoms with E-state index in [0.717, 1.165) is 26.8 Å². The van der Waals surface area contributed by atoms with E-state index in [4.69, 9.17) is 14.2 Å². The summed E-state index contributed by atoms with van der Waals surface area (Å²) in [6.45, 7) is 0. The van der Waals surface area contributed by atoms with E-state index in [1.807, 2.05) is 24.3 Å². The number of aromatic nitrogens is 2. The molecular weight excluding hydrogens is 398 g/mol. The Morgan fingerprint density at radius 2 is 1.88 bits per heavy atom. The van der Waals surface area contributed by atoms with Gasteiger partial charge < -0.3 is 19.2 Å². The molecular formula is C19H16BrN3O3. The smallest absolute Gasteiger partial charge is 0.149 e. The minimum Gasteiger partial charge on any atom is -0.497 e. The Morgan fingerprint density at radius 3 is 2.54 bits per heavy atom. The van der Waals surface area contributed by atoms with Gasteiger partial charge >= 0.3 is 0 Å². The van der Waals surface area contributed by atoms with E-state index >= 15 is 0 Å². The van der Waals surface area contributed by atoms with Crippen molar-refractivity contribution >= 4 is 38.6 Å². The number of fused-ring (bicyclic) bond motifs is 1. The molecule has 0 spiro atoms. The molecule has 3 rings (SSSR count). The molecule has 0 atom stereocenters. The first kappa shape index (κ1) is 17.8. The van der Waals surface area contributed by atoms with Gasteiger partial charge in [0.15, 0.2) is 0 Å². The highest BCUT2D eigenvalue weighted by Gasteiger charge is 2.12. The lowest BCUT2D eigenvalue weighted by atomic mass is 10.1. The highest BCUT2D eigenvalue weighted by atomic mass is 79.9. The number of nitrogens with one attached hydrogen (secondary N) is 1. The van der Waals surface area contributed by atoms with Crippen LogP contribution in [0.5, 0.6) is 17.2 Å². The summed E-state index contributed by atoms with van der Waals surface area (Å²) in [5.41, 5.74) is 2.67. The normalized spacial score (nSPS) is 11.3. The number of hydrogen-bond donors (Lipinski definition) is 1. The molecule has 132 valence electrons. The molecule has 0 aliphatic heterocycles. The first-order valence-corrected chi connectivity index (χ1v) is 8.46. The lowest BCUT2D eigenvalue weighted by Gasteiger charge is -2.10. The van der Waals surface area contributed by atoms with Gasteiger partial charge in [0.1, 0.15) is 29.1 Å². The summed E-state index contributed by atoms with van der Waals surface area (Å²) in [5.74, 6) is 2.43. The third-order valence-corrected chi connectivity index (χ3v) is 4.49. The van der Waals surface area contributed by atoms with Crippen molar-refractivity contribution in [2.45, 2.75) is 0 Å². The highest BCUT2D eigenvalue weighted by molar-refractivity contribution is 9.10. The first-order chi connectivity index (χ1) is 12.6. The second kappa shape index (κ2) is 7.50. The van der Waals surface area contributed by atoms with Crippen LogP contribution in [0.15, 0.2) is 34.8 Å². The van der Waals surface area contributed by atoms with E-state index in [-0.39, 0.29) is 0 Å². The third kappa shape index (κ3) is 3.37. The first-order valence-electron chi connectivity index (χ1n) is 7.67. The molecule has 0 saturated heterocycles. The minimum atomic E-state index is 0.385. The van der Waals surface area contributed by atoms with Gasteiger partial charge in [0.2, 0.25) is 0 Å². The summed E-state index contributed by atoms with van der Waals surface area (Å²) in [4.78, 5) is 7.65. The second-order valence-corrected chi connectivity index (χ2v) is 6.22. The van der Waals surface area contributed by atoms with Crippen molar-refractivity contribution < 1.29 is 14.2 Å². The minimum absolute atomic E-state index is 0.385. The molecule has 0 aliphatic carbocycles. The van der Waals surface area contributed by atoms with Gasteiger partial charge in [-0.1, -0.05) is 0 Å². The lowest BCUT2D eigenvalue weighted by Crippen LogP contribution is -1.92. The van der Waals surface area contributed by atoms with Crippen molar-refractivity contribution in [1.29, 1.82) is 5.26 Å². The fraction of sp³-hybridized carbons (Fsp3) is 0.158. The number of ether oxygens (including phenoxy) is 3. The average Bonchev–Trinajstić information content (AvgIpc) is 3.08. The Balaban J connectivity index is 2.09. The summed E-state index contributed by atoms with van der Waals surface area (Å²) < 4.78 is 16.7. The molecule has 6 nitrogen and oxygen atoms in total. The number of nitriles is 1. The number of halogens is 1. The quantitative estimate of drug-likeness (QED) is 0.626. The molecule has 0 fully saturated rings. The van der Waals surface area contributed by atoms with Crippen LogP contribution < -0.4 is 14.2 Å². The monoisotopic (exact) mass is 413 g/mol. The van der Waals surface area contributed by atoms with E-state index in [2.05, 4.69) is 32.0 Å². The Hall–Kier alpha value is -2.98. The van der Waals surface area contributed by atoms with Crippen molar-refractivity contribution in [2.24, 2.45) is 0 Å². The zero-order valence-corrected chi connectivity index (χ0v) is 16.0. The number of methoxy groups -OCH3 is 3. The molecule has 7 heteroatoms. The van der Waals surface area contributed by atoms with Gasteiger partial charge in [-0.2, -0.15) is 5.26 Å². The van der Waals surface area contributed by atoms with Crippen LogP contribution in [0.3, 0.4) is 0 Å². The lowest BCUT2D eigenvalue weighted by molar-refractivity contribution is 0.392. The van der Waals surface area contributed by atoms with Crippen LogP contribution in [0.4, 0.5) is 0 Å². The predicted octanol–water partition coefficient (Wildman–Crippen LogP) is 4.42. The number of allylic oxidation sites excluding steroid dienone is 1. The van der Waals surface area contributed by atoms with Gasteiger partial charge in [0.05, 0.1) is 42.4 Å². The Bertz CT molecular complexity index is 1030. The molecule has 0 radical (unpaired) electrons. The molecule has 1 aromatic heterocycles. The van der Waals surface area contributed by atoms with E-state index in [1.54, 1.807) is 33.5 Å². The maximum Gasteiger partial charge on any atom is 0.149 e. The summed E-state index contributed by atoms with van der Waals surface area (Å²) in [6.07, 6.45) is 1.72. The summed E-state index contributed by atoms with van der Waals surface area (Å²) >= 11 is 3.45. The zero-order chi connectivity index (χ0) is 18.7. The molecule has 1 N–H and O–H groups in total. The summed E-state index contributed by atoms with van der Waals surface area (Å²) in [6, 6.07) is 11.3. The number of H-pyrrole nitrogens is 1. The SMILES string of the molecule is COc1ccc2nc(/C(C#N)=C\c3cc(Br)c(OC)cc3OC)[nH]c2c1.